The van der Waals surface area contributed by atoms with E-state index in [-0.39, 0.29) is 11.3 Å². The highest BCUT2D eigenvalue weighted by Crippen LogP contribution is 2.61. The smallest absolute Gasteiger partial charge is 0.226 e. The SMILES string of the molecule is Cc1cc(NC(=S)NC(=O)CC23CC4CC(CC(C4)C2)C3)c(C)cc1I. The quantitative estimate of drug-likeness (QED) is 0.452. The van der Waals surface area contributed by atoms with E-state index in [4.69, 9.17) is 12.2 Å². The number of anilines is 1. The first-order chi connectivity index (χ1) is 12.3. The molecule has 0 saturated heterocycles. The number of hydrogen-bond donors (Lipinski definition) is 2. The molecule has 140 valence electrons. The molecular formula is C21H27IN2OS. The molecule has 0 radical (unpaired) electrons. The molecule has 0 unspecified atom stereocenters. The van der Waals surface area contributed by atoms with Gasteiger partial charge in [0, 0.05) is 15.7 Å². The Kier molecular flexibility index (Phi) is 5.05. The molecule has 4 aliphatic rings. The van der Waals surface area contributed by atoms with Crippen molar-refractivity contribution in [1.82, 2.24) is 5.32 Å². The van der Waals surface area contributed by atoms with Gasteiger partial charge in [-0.2, -0.15) is 0 Å². The monoisotopic (exact) mass is 482 g/mol. The summed E-state index contributed by atoms with van der Waals surface area (Å²) in [5, 5.41) is 6.58. The van der Waals surface area contributed by atoms with Crippen LogP contribution in [-0.2, 0) is 4.79 Å². The number of amides is 1. The zero-order valence-corrected chi connectivity index (χ0v) is 18.5. The number of thiocarbonyl (C=S) groups is 1. The highest BCUT2D eigenvalue weighted by Gasteiger charge is 2.51. The predicted octanol–water partition coefficient (Wildman–Crippen LogP) is 5.33. The van der Waals surface area contributed by atoms with Crippen LogP contribution in [0.25, 0.3) is 0 Å². The fraction of sp³-hybridized carbons (Fsp3) is 0.619. The average Bonchev–Trinajstić information content (AvgIpc) is 2.50. The van der Waals surface area contributed by atoms with Crippen molar-refractivity contribution >= 4 is 51.5 Å². The molecule has 4 saturated carbocycles. The number of nitrogens with one attached hydrogen (secondary N) is 2. The largest absolute Gasteiger partial charge is 0.332 e. The second-order valence-corrected chi connectivity index (χ2v) is 10.6. The van der Waals surface area contributed by atoms with Gasteiger partial charge in [-0.15, -0.1) is 0 Å². The van der Waals surface area contributed by atoms with Crippen LogP contribution in [-0.4, -0.2) is 11.0 Å². The lowest BCUT2D eigenvalue weighted by atomic mass is 9.49. The third kappa shape index (κ3) is 3.79. The van der Waals surface area contributed by atoms with Crippen molar-refractivity contribution in [3.63, 3.8) is 0 Å². The summed E-state index contributed by atoms with van der Waals surface area (Å²) in [6, 6.07) is 4.23. The molecule has 5 rings (SSSR count). The van der Waals surface area contributed by atoms with Crippen LogP contribution in [0.3, 0.4) is 0 Å². The summed E-state index contributed by atoms with van der Waals surface area (Å²) in [6.45, 7) is 4.14. The molecule has 3 nitrogen and oxygen atoms in total. The van der Waals surface area contributed by atoms with Gasteiger partial charge in [0.05, 0.1) is 0 Å². The maximum atomic E-state index is 12.7. The average molecular weight is 482 g/mol. The number of carbonyl (C=O) groups is 1. The molecule has 5 heteroatoms. The maximum Gasteiger partial charge on any atom is 0.226 e. The number of aryl methyl sites for hydroxylation is 2. The molecule has 4 bridgehead atoms. The van der Waals surface area contributed by atoms with Crippen LogP contribution < -0.4 is 10.6 Å². The highest BCUT2D eigenvalue weighted by molar-refractivity contribution is 14.1. The Morgan fingerprint density at radius 2 is 1.69 bits per heavy atom. The summed E-state index contributed by atoms with van der Waals surface area (Å²) in [6.07, 6.45) is 8.62. The zero-order valence-electron chi connectivity index (χ0n) is 15.5. The highest BCUT2D eigenvalue weighted by atomic mass is 127. The maximum absolute atomic E-state index is 12.7. The Morgan fingerprint density at radius 3 is 2.27 bits per heavy atom. The Hall–Kier alpha value is -0.690. The molecule has 1 amide bonds. The number of hydrogen-bond acceptors (Lipinski definition) is 2. The summed E-state index contributed by atoms with van der Waals surface area (Å²) in [5.41, 5.74) is 3.58. The van der Waals surface area contributed by atoms with Gasteiger partial charge in [0.2, 0.25) is 5.91 Å². The van der Waals surface area contributed by atoms with E-state index in [0.29, 0.717) is 11.5 Å². The van der Waals surface area contributed by atoms with Crippen molar-refractivity contribution < 1.29 is 4.79 Å². The molecule has 2 N–H and O–H groups in total. The molecule has 4 fully saturated rings. The van der Waals surface area contributed by atoms with Gasteiger partial charge >= 0.3 is 0 Å². The summed E-state index contributed by atoms with van der Waals surface area (Å²) < 4.78 is 1.24. The fourth-order valence-electron chi connectivity index (χ4n) is 6.09. The number of carbonyl (C=O) groups excluding carboxylic acids is 1. The van der Waals surface area contributed by atoms with E-state index in [0.717, 1.165) is 29.0 Å². The molecule has 26 heavy (non-hydrogen) atoms. The number of halogens is 1. The Morgan fingerprint density at radius 1 is 1.12 bits per heavy atom. The van der Waals surface area contributed by atoms with Crippen LogP contribution >= 0.6 is 34.8 Å². The van der Waals surface area contributed by atoms with Crippen molar-refractivity contribution in [2.75, 3.05) is 5.32 Å². The van der Waals surface area contributed by atoms with Crippen LogP contribution in [0.1, 0.15) is 56.1 Å². The first-order valence-corrected chi connectivity index (χ1v) is 11.2. The molecular weight excluding hydrogens is 455 g/mol. The van der Waals surface area contributed by atoms with Crippen LogP contribution in [0.4, 0.5) is 5.69 Å². The topological polar surface area (TPSA) is 41.1 Å². The minimum atomic E-state index is 0.0873. The molecule has 0 aromatic heterocycles. The van der Waals surface area contributed by atoms with Gasteiger partial charge in [-0.1, -0.05) is 0 Å². The fourth-order valence-corrected chi connectivity index (χ4v) is 6.93. The minimum Gasteiger partial charge on any atom is -0.332 e. The molecule has 0 atom stereocenters. The van der Waals surface area contributed by atoms with Crippen LogP contribution in [0.15, 0.2) is 12.1 Å². The summed E-state index contributed by atoms with van der Waals surface area (Å²) in [4.78, 5) is 12.7. The van der Waals surface area contributed by atoms with E-state index >= 15 is 0 Å². The second-order valence-electron chi connectivity index (χ2n) is 9.01. The summed E-state index contributed by atoms with van der Waals surface area (Å²) in [5.74, 6) is 2.70. The van der Waals surface area contributed by atoms with E-state index in [1.807, 2.05) is 0 Å². The van der Waals surface area contributed by atoms with Crippen molar-refractivity contribution in [1.29, 1.82) is 0 Å². The van der Waals surface area contributed by atoms with E-state index in [2.05, 4.69) is 59.2 Å². The van der Waals surface area contributed by atoms with Crippen molar-refractivity contribution in [2.24, 2.45) is 23.2 Å². The first-order valence-electron chi connectivity index (χ1n) is 9.69. The minimum absolute atomic E-state index is 0.0873. The number of benzene rings is 1. The van der Waals surface area contributed by atoms with Gasteiger partial charge in [0.1, 0.15) is 0 Å². The van der Waals surface area contributed by atoms with E-state index < -0.39 is 0 Å². The van der Waals surface area contributed by atoms with Gasteiger partial charge in [0.15, 0.2) is 5.11 Å². The molecule has 1 aromatic carbocycles. The predicted molar refractivity (Wildman–Crippen MR) is 118 cm³/mol. The summed E-state index contributed by atoms with van der Waals surface area (Å²) >= 11 is 7.75. The lowest BCUT2D eigenvalue weighted by molar-refractivity contribution is -0.127. The van der Waals surface area contributed by atoms with Crippen molar-refractivity contribution in [3.8, 4) is 0 Å². The van der Waals surface area contributed by atoms with Crippen molar-refractivity contribution in [2.45, 2.75) is 58.8 Å². The van der Waals surface area contributed by atoms with Gasteiger partial charge in [-0.3, -0.25) is 4.79 Å². The third-order valence-electron chi connectivity index (χ3n) is 6.71. The van der Waals surface area contributed by atoms with Gasteiger partial charge in [0.25, 0.3) is 0 Å². The molecule has 0 heterocycles. The van der Waals surface area contributed by atoms with Crippen LogP contribution in [0, 0.1) is 40.6 Å². The normalized spacial score (nSPS) is 31.7. The lowest BCUT2D eigenvalue weighted by Gasteiger charge is -2.56. The third-order valence-corrected chi connectivity index (χ3v) is 8.07. The van der Waals surface area contributed by atoms with Crippen LogP contribution in [0.5, 0.6) is 0 Å². The molecule has 4 aliphatic carbocycles. The van der Waals surface area contributed by atoms with Crippen LogP contribution in [0.2, 0.25) is 0 Å². The zero-order chi connectivity index (χ0) is 18.5. The summed E-state index contributed by atoms with van der Waals surface area (Å²) in [7, 11) is 0. The van der Waals surface area contributed by atoms with Gasteiger partial charge in [-0.05, 0) is 134 Å². The van der Waals surface area contributed by atoms with E-state index in [1.54, 1.807) is 0 Å². The second kappa shape index (κ2) is 7.04. The molecule has 0 spiro atoms. The molecule has 1 aromatic rings. The Bertz CT molecular complexity index is 725. The first kappa shape index (κ1) is 18.7. The number of rotatable bonds is 3. The van der Waals surface area contributed by atoms with E-state index in [9.17, 15) is 4.79 Å². The molecule has 0 aliphatic heterocycles. The Balaban J connectivity index is 1.36. The van der Waals surface area contributed by atoms with Crippen molar-refractivity contribution in [3.05, 3.63) is 26.8 Å². The van der Waals surface area contributed by atoms with E-state index in [1.165, 1.54) is 47.7 Å². The Labute approximate surface area is 175 Å². The van der Waals surface area contributed by atoms with Gasteiger partial charge < -0.3 is 10.6 Å². The van der Waals surface area contributed by atoms with Gasteiger partial charge in [-0.25, -0.2) is 0 Å². The standard InChI is InChI=1S/C21H27IN2OS/c1-12-4-18(13(2)3-17(12)22)23-20(26)24-19(25)11-21-8-14-5-15(9-21)7-16(6-14)10-21/h3-4,14-16H,5-11H2,1-2H3,(H2,23,24,25,26). The lowest BCUT2D eigenvalue weighted by Crippen LogP contribution is -2.48.